The van der Waals surface area contributed by atoms with Gasteiger partial charge in [-0.15, -0.1) is 0 Å². The van der Waals surface area contributed by atoms with Gasteiger partial charge in [0.2, 0.25) is 11.7 Å². The molecule has 0 bridgehead atoms. The number of ether oxygens (including phenoxy) is 2. The second-order valence-electron chi connectivity index (χ2n) is 7.09. The number of hydrogen-bond acceptors (Lipinski definition) is 8. The molecule has 0 saturated carbocycles. The van der Waals surface area contributed by atoms with Crippen molar-refractivity contribution >= 4 is 11.6 Å². The van der Waals surface area contributed by atoms with Crippen LogP contribution in [0, 0.1) is 20.8 Å². The summed E-state index contributed by atoms with van der Waals surface area (Å²) in [7, 11) is 1.52. The first-order valence-corrected chi connectivity index (χ1v) is 9.90. The van der Waals surface area contributed by atoms with E-state index in [1.165, 1.54) is 7.11 Å². The number of anilines is 1. The molecule has 4 rings (SSSR count). The van der Waals surface area contributed by atoms with Crippen LogP contribution in [0.1, 0.15) is 33.3 Å². The van der Waals surface area contributed by atoms with Crippen LogP contribution in [0.4, 0.5) is 5.69 Å². The van der Waals surface area contributed by atoms with Crippen molar-refractivity contribution in [2.45, 2.75) is 27.4 Å². The smallest absolute Gasteiger partial charge is 0.255 e. The number of methoxy groups -OCH3 is 1. The van der Waals surface area contributed by atoms with Crippen molar-refractivity contribution in [2.24, 2.45) is 0 Å². The molecule has 0 aliphatic rings. The van der Waals surface area contributed by atoms with Crippen LogP contribution in [0.15, 0.2) is 51.5 Å². The van der Waals surface area contributed by atoms with E-state index >= 15 is 0 Å². The predicted molar refractivity (Wildman–Crippen MR) is 116 cm³/mol. The Balaban J connectivity index is 1.53. The van der Waals surface area contributed by atoms with Gasteiger partial charge in [0.05, 0.1) is 24.1 Å². The molecule has 9 heteroatoms. The topological polar surface area (TPSA) is 113 Å². The maximum atomic E-state index is 12.9. The zero-order valence-corrected chi connectivity index (χ0v) is 18.1. The lowest BCUT2D eigenvalue weighted by molar-refractivity contribution is 0.102. The number of carbonyl (C=O) groups is 1. The molecule has 4 aromatic rings. The van der Waals surface area contributed by atoms with E-state index in [9.17, 15) is 4.79 Å². The van der Waals surface area contributed by atoms with Crippen LogP contribution >= 0.6 is 0 Å². The Morgan fingerprint density at radius 2 is 1.84 bits per heavy atom. The maximum absolute atomic E-state index is 12.9. The minimum atomic E-state index is -0.312. The molecule has 0 radical (unpaired) electrons. The van der Waals surface area contributed by atoms with E-state index in [0.29, 0.717) is 45.8 Å². The van der Waals surface area contributed by atoms with Crippen LogP contribution in [0.2, 0.25) is 0 Å². The van der Waals surface area contributed by atoms with Crippen molar-refractivity contribution in [2.75, 3.05) is 12.4 Å². The highest BCUT2D eigenvalue weighted by atomic mass is 16.5. The Morgan fingerprint density at radius 1 is 1.03 bits per heavy atom. The molecule has 2 aromatic carbocycles. The molecule has 0 fully saturated rings. The molecule has 0 atom stereocenters. The summed E-state index contributed by atoms with van der Waals surface area (Å²) in [5.74, 6) is 2.18. The second kappa shape index (κ2) is 8.93. The van der Waals surface area contributed by atoms with Gasteiger partial charge in [0.15, 0.2) is 11.5 Å². The summed E-state index contributed by atoms with van der Waals surface area (Å²) in [6, 6.07) is 12.2. The van der Waals surface area contributed by atoms with Gasteiger partial charge >= 0.3 is 0 Å². The molecule has 2 aromatic heterocycles. The van der Waals surface area contributed by atoms with Crippen molar-refractivity contribution in [1.29, 1.82) is 0 Å². The number of carbonyl (C=O) groups excluding carboxylic acids is 1. The fraction of sp³-hybridized carbons (Fsp3) is 0.217. The Labute approximate surface area is 184 Å². The second-order valence-corrected chi connectivity index (χ2v) is 7.09. The van der Waals surface area contributed by atoms with Gasteiger partial charge in [-0.2, -0.15) is 4.98 Å². The van der Waals surface area contributed by atoms with E-state index in [1.807, 2.05) is 32.0 Å². The number of para-hydroxylation sites is 1. The number of amides is 1. The average molecular weight is 434 g/mol. The van der Waals surface area contributed by atoms with Crippen LogP contribution < -0.4 is 14.8 Å². The van der Waals surface area contributed by atoms with Gasteiger partial charge in [0.25, 0.3) is 5.91 Å². The number of nitrogens with zero attached hydrogens (tertiary/aromatic N) is 3. The van der Waals surface area contributed by atoms with Crippen LogP contribution in [0.25, 0.3) is 11.4 Å². The first-order chi connectivity index (χ1) is 15.5. The van der Waals surface area contributed by atoms with Crippen molar-refractivity contribution in [3.63, 3.8) is 0 Å². The first-order valence-electron chi connectivity index (χ1n) is 9.90. The van der Waals surface area contributed by atoms with Crippen molar-refractivity contribution in [3.8, 4) is 22.9 Å². The molecule has 32 heavy (non-hydrogen) atoms. The van der Waals surface area contributed by atoms with Crippen LogP contribution in [-0.4, -0.2) is 28.3 Å². The Bertz CT molecular complexity index is 1240. The number of aromatic nitrogens is 3. The Kier molecular flexibility index (Phi) is 5.89. The predicted octanol–water partition coefficient (Wildman–Crippen LogP) is 4.49. The summed E-state index contributed by atoms with van der Waals surface area (Å²) in [6.45, 7) is 5.67. The maximum Gasteiger partial charge on any atom is 0.255 e. The highest BCUT2D eigenvalue weighted by Crippen LogP contribution is 2.31. The van der Waals surface area contributed by atoms with Gasteiger partial charge in [0.1, 0.15) is 12.4 Å². The molecule has 9 nitrogen and oxygen atoms in total. The molecular weight excluding hydrogens is 412 g/mol. The third-order valence-corrected chi connectivity index (χ3v) is 4.92. The summed E-state index contributed by atoms with van der Waals surface area (Å²) < 4.78 is 21.5. The lowest BCUT2D eigenvalue weighted by Crippen LogP contribution is -2.13. The molecular formula is C23H22N4O5. The van der Waals surface area contributed by atoms with Gasteiger partial charge in [-0.25, -0.2) is 0 Å². The minimum Gasteiger partial charge on any atom is -0.493 e. The molecule has 0 aliphatic heterocycles. The van der Waals surface area contributed by atoms with Gasteiger partial charge in [0, 0.05) is 18.1 Å². The van der Waals surface area contributed by atoms with Crippen molar-refractivity contribution < 1.29 is 23.3 Å². The number of aryl methyl sites for hydroxylation is 3. The highest BCUT2D eigenvalue weighted by Gasteiger charge is 2.17. The van der Waals surface area contributed by atoms with Gasteiger partial charge < -0.3 is 23.8 Å². The standard InChI is InChI=1S/C23H22N4O5/c1-13-18(14(2)31-26-13)12-30-20-10-9-16(11-21(20)29-4)23(28)25-19-8-6-5-7-17(19)22-24-15(3)32-27-22/h5-11H,12H2,1-4H3,(H,25,28). The number of rotatable bonds is 7. The molecule has 164 valence electrons. The van der Waals surface area contributed by atoms with Gasteiger partial charge in [-0.05, 0) is 44.2 Å². The molecule has 1 N–H and O–H groups in total. The SMILES string of the molecule is COc1cc(C(=O)Nc2ccccc2-c2noc(C)n2)ccc1OCc1c(C)noc1C. The fourth-order valence-corrected chi connectivity index (χ4v) is 3.18. The zero-order valence-electron chi connectivity index (χ0n) is 18.1. The zero-order chi connectivity index (χ0) is 22.7. The van der Waals surface area contributed by atoms with E-state index in [1.54, 1.807) is 31.2 Å². The number of hydrogen-bond donors (Lipinski definition) is 1. The van der Waals surface area contributed by atoms with Gasteiger partial charge in [-0.3, -0.25) is 4.79 Å². The Hall–Kier alpha value is -4.14. The summed E-state index contributed by atoms with van der Waals surface area (Å²) in [5.41, 5.74) is 3.28. The first kappa shape index (κ1) is 21.1. The molecule has 0 spiro atoms. The number of benzene rings is 2. The van der Waals surface area contributed by atoms with Crippen LogP contribution in [0.5, 0.6) is 11.5 Å². The van der Waals surface area contributed by atoms with E-state index < -0.39 is 0 Å². The molecule has 0 unspecified atom stereocenters. The van der Waals surface area contributed by atoms with E-state index in [2.05, 4.69) is 20.6 Å². The van der Waals surface area contributed by atoms with E-state index in [4.69, 9.17) is 18.5 Å². The lowest BCUT2D eigenvalue weighted by Gasteiger charge is -2.13. The molecule has 1 amide bonds. The molecule has 2 heterocycles. The lowest BCUT2D eigenvalue weighted by atomic mass is 10.1. The van der Waals surface area contributed by atoms with Gasteiger partial charge in [-0.1, -0.05) is 22.4 Å². The average Bonchev–Trinajstić information content (AvgIpc) is 3.37. The highest BCUT2D eigenvalue weighted by molar-refractivity contribution is 6.06. The normalized spacial score (nSPS) is 10.8. The Morgan fingerprint density at radius 3 is 2.53 bits per heavy atom. The van der Waals surface area contributed by atoms with Crippen LogP contribution in [-0.2, 0) is 6.61 Å². The van der Waals surface area contributed by atoms with E-state index in [0.717, 1.165) is 11.3 Å². The summed E-state index contributed by atoms with van der Waals surface area (Å²) in [6.07, 6.45) is 0. The largest absolute Gasteiger partial charge is 0.493 e. The summed E-state index contributed by atoms with van der Waals surface area (Å²) in [4.78, 5) is 17.2. The van der Waals surface area contributed by atoms with Crippen molar-refractivity contribution in [3.05, 3.63) is 70.9 Å². The third-order valence-electron chi connectivity index (χ3n) is 4.92. The number of nitrogens with one attached hydrogen (secondary N) is 1. The van der Waals surface area contributed by atoms with Crippen molar-refractivity contribution in [1.82, 2.24) is 15.3 Å². The van der Waals surface area contributed by atoms with E-state index in [-0.39, 0.29) is 12.5 Å². The monoisotopic (exact) mass is 434 g/mol. The molecule has 0 saturated heterocycles. The van der Waals surface area contributed by atoms with Crippen LogP contribution in [0.3, 0.4) is 0 Å². The summed E-state index contributed by atoms with van der Waals surface area (Å²) in [5, 5.41) is 10.8. The fourth-order valence-electron chi connectivity index (χ4n) is 3.18. The molecule has 0 aliphatic carbocycles. The quantitative estimate of drug-likeness (QED) is 0.453. The summed E-state index contributed by atoms with van der Waals surface area (Å²) >= 11 is 0. The third kappa shape index (κ3) is 4.31. The minimum absolute atomic E-state index is 0.278.